The quantitative estimate of drug-likeness (QED) is 0.645. The summed E-state index contributed by atoms with van der Waals surface area (Å²) >= 11 is 0. The van der Waals surface area contributed by atoms with E-state index >= 15 is 0 Å². The number of nitrogens with one attached hydrogen (secondary N) is 1. The fraction of sp³-hybridized carbons (Fsp3) is 0.462. The molecular formula is C13H17N5O. The first kappa shape index (κ1) is 12.1. The molecule has 0 amide bonds. The van der Waals surface area contributed by atoms with Gasteiger partial charge in [0.1, 0.15) is 0 Å². The third-order valence-electron chi connectivity index (χ3n) is 4.06. The number of hydrogen-bond acceptors (Lipinski definition) is 3. The van der Waals surface area contributed by atoms with Crippen molar-refractivity contribution in [1.29, 1.82) is 0 Å². The summed E-state index contributed by atoms with van der Waals surface area (Å²) in [6.45, 7) is 7.80. The molecule has 6 heteroatoms. The highest BCUT2D eigenvalue weighted by molar-refractivity contribution is 5.96. The number of aromatic nitrogens is 2. The lowest BCUT2D eigenvalue weighted by Crippen LogP contribution is -2.09. The molecule has 1 aromatic rings. The summed E-state index contributed by atoms with van der Waals surface area (Å²) in [7, 11) is 1.75. The maximum atomic E-state index is 5.27. The maximum absolute atomic E-state index is 5.27. The van der Waals surface area contributed by atoms with Gasteiger partial charge in [-0.3, -0.25) is 4.68 Å². The Morgan fingerprint density at radius 3 is 3.11 bits per heavy atom. The molecule has 0 radical (unpaired) electrons. The van der Waals surface area contributed by atoms with E-state index in [2.05, 4.69) is 33.7 Å². The van der Waals surface area contributed by atoms with Crippen LogP contribution in [0.1, 0.15) is 12.8 Å². The van der Waals surface area contributed by atoms with Gasteiger partial charge in [-0.05, 0) is 19.6 Å². The Bertz CT molecular complexity index is 553. The van der Waals surface area contributed by atoms with Gasteiger partial charge in [0.2, 0.25) is 5.96 Å². The SMILES string of the molecule is C=CN=C(N=C)Nc1cnn(C23CC2(COC)C3)c1. The lowest BCUT2D eigenvalue weighted by Gasteiger charge is -2.02. The summed E-state index contributed by atoms with van der Waals surface area (Å²) < 4.78 is 7.30. The van der Waals surface area contributed by atoms with Crippen LogP contribution in [-0.4, -0.2) is 36.2 Å². The van der Waals surface area contributed by atoms with Gasteiger partial charge in [0.05, 0.1) is 24.0 Å². The summed E-state index contributed by atoms with van der Waals surface area (Å²) in [5.74, 6) is 0.418. The Morgan fingerprint density at radius 1 is 1.68 bits per heavy atom. The van der Waals surface area contributed by atoms with Gasteiger partial charge in [0, 0.05) is 24.9 Å². The van der Waals surface area contributed by atoms with Crippen molar-refractivity contribution in [3.63, 3.8) is 0 Å². The normalized spacial score (nSPS) is 31.5. The van der Waals surface area contributed by atoms with E-state index in [4.69, 9.17) is 4.74 Å². The third-order valence-corrected chi connectivity index (χ3v) is 4.06. The minimum atomic E-state index is 0.195. The standard InChI is InChI=1S/C13H17N5O/c1-4-15-11(14-2)17-10-5-16-18(6-10)13-7-12(13,8-13)9-19-3/h4-6H,1-2,7-9H2,3H3,(H,15,17). The zero-order valence-electron chi connectivity index (χ0n) is 11.0. The second-order valence-electron chi connectivity index (χ2n) is 5.19. The Morgan fingerprint density at radius 2 is 2.47 bits per heavy atom. The number of anilines is 1. The Balaban J connectivity index is 1.70. The third kappa shape index (κ3) is 1.71. The average Bonchev–Trinajstić information content (AvgIpc) is 3.10. The van der Waals surface area contributed by atoms with Crippen LogP contribution in [0.15, 0.2) is 35.2 Å². The van der Waals surface area contributed by atoms with Crippen molar-refractivity contribution in [3.05, 3.63) is 25.2 Å². The summed E-state index contributed by atoms with van der Waals surface area (Å²) in [5, 5.41) is 7.47. The topological polar surface area (TPSA) is 63.8 Å². The van der Waals surface area contributed by atoms with Gasteiger partial charge in [0.15, 0.2) is 0 Å². The van der Waals surface area contributed by atoms with E-state index in [1.807, 2.05) is 10.9 Å². The highest BCUT2D eigenvalue weighted by Gasteiger charge is 2.85. The first-order valence-corrected chi connectivity index (χ1v) is 6.16. The molecule has 0 atom stereocenters. The molecule has 2 aliphatic carbocycles. The molecule has 0 bridgehead atoms. The molecule has 1 aromatic heterocycles. The Labute approximate surface area is 111 Å². The molecule has 3 rings (SSSR count). The van der Waals surface area contributed by atoms with Gasteiger partial charge in [-0.1, -0.05) is 6.58 Å². The fourth-order valence-corrected chi connectivity index (χ4v) is 2.85. The van der Waals surface area contributed by atoms with Gasteiger partial charge >= 0.3 is 0 Å². The number of methoxy groups -OCH3 is 1. The van der Waals surface area contributed by atoms with Gasteiger partial charge in [-0.25, -0.2) is 9.98 Å². The van der Waals surface area contributed by atoms with Crippen molar-refractivity contribution >= 4 is 18.4 Å². The fourth-order valence-electron chi connectivity index (χ4n) is 2.85. The second-order valence-corrected chi connectivity index (χ2v) is 5.19. The number of nitrogens with zero attached hydrogens (tertiary/aromatic N) is 4. The first-order chi connectivity index (χ1) is 9.19. The number of hydrogen-bond donors (Lipinski definition) is 1. The summed E-state index contributed by atoms with van der Waals surface area (Å²) in [6, 6.07) is 0. The van der Waals surface area contributed by atoms with Crippen LogP contribution >= 0.6 is 0 Å². The van der Waals surface area contributed by atoms with Gasteiger partial charge in [-0.2, -0.15) is 5.10 Å². The van der Waals surface area contributed by atoms with Crippen molar-refractivity contribution in [2.24, 2.45) is 15.4 Å². The predicted molar refractivity (Wildman–Crippen MR) is 74.5 cm³/mol. The molecule has 0 spiro atoms. The van der Waals surface area contributed by atoms with Crippen molar-refractivity contribution in [1.82, 2.24) is 9.78 Å². The highest BCUT2D eigenvalue weighted by Crippen LogP contribution is 2.83. The molecule has 0 unspecified atom stereocenters. The lowest BCUT2D eigenvalue weighted by atomic mass is 10.2. The lowest BCUT2D eigenvalue weighted by molar-refractivity contribution is 0.164. The maximum Gasteiger partial charge on any atom is 0.226 e. The highest BCUT2D eigenvalue weighted by atomic mass is 16.5. The van der Waals surface area contributed by atoms with E-state index < -0.39 is 0 Å². The Kier molecular flexibility index (Phi) is 2.56. The molecule has 0 saturated heterocycles. The van der Waals surface area contributed by atoms with Crippen LogP contribution in [0, 0.1) is 5.41 Å². The van der Waals surface area contributed by atoms with Crippen molar-refractivity contribution in [3.8, 4) is 0 Å². The van der Waals surface area contributed by atoms with Crippen LogP contribution in [0.25, 0.3) is 0 Å². The molecule has 100 valence electrons. The zero-order valence-corrected chi connectivity index (χ0v) is 11.0. The molecule has 2 saturated carbocycles. The van der Waals surface area contributed by atoms with Gasteiger partial charge in [0.25, 0.3) is 0 Å². The molecule has 1 N–H and O–H groups in total. The van der Waals surface area contributed by atoms with Crippen LogP contribution in [0.3, 0.4) is 0 Å². The van der Waals surface area contributed by atoms with Crippen LogP contribution in [0.2, 0.25) is 0 Å². The summed E-state index contributed by atoms with van der Waals surface area (Å²) in [5.41, 5.74) is 1.38. The van der Waals surface area contributed by atoms with E-state index in [0.717, 1.165) is 25.1 Å². The smallest absolute Gasteiger partial charge is 0.226 e. The second kappa shape index (κ2) is 4.03. The van der Waals surface area contributed by atoms with E-state index in [9.17, 15) is 0 Å². The van der Waals surface area contributed by atoms with Crippen LogP contribution < -0.4 is 5.32 Å². The minimum Gasteiger partial charge on any atom is -0.384 e. The van der Waals surface area contributed by atoms with E-state index in [0.29, 0.717) is 11.4 Å². The molecule has 0 aliphatic heterocycles. The molecular weight excluding hydrogens is 242 g/mol. The zero-order chi connectivity index (χ0) is 13.5. The average molecular weight is 259 g/mol. The molecule has 0 aromatic carbocycles. The van der Waals surface area contributed by atoms with Crippen LogP contribution in [-0.2, 0) is 10.3 Å². The van der Waals surface area contributed by atoms with Crippen molar-refractivity contribution < 1.29 is 4.74 Å². The predicted octanol–water partition coefficient (Wildman–Crippen LogP) is 1.63. The van der Waals surface area contributed by atoms with Crippen molar-refractivity contribution in [2.75, 3.05) is 19.0 Å². The summed E-state index contributed by atoms with van der Waals surface area (Å²) in [6.07, 6.45) is 7.48. The molecule has 2 aliphatic rings. The molecule has 2 fully saturated rings. The van der Waals surface area contributed by atoms with Crippen LogP contribution in [0.4, 0.5) is 5.69 Å². The number of fused-ring (bicyclic) bond motifs is 1. The van der Waals surface area contributed by atoms with Crippen molar-refractivity contribution in [2.45, 2.75) is 18.4 Å². The van der Waals surface area contributed by atoms with Gasteiger partial charge < -0.3 is 10.1 Å². The number of guanidine groups is 1. The molecule has 1 heterocycles. The summed E-state index contributed by atoms with van der Waals surface area (Å²) in [4.78, 5) is 7.74. The van der Waals surface area contributed by atoms with Gasteiger partial charge in [-0.15, -0.1) is 0 Å². The van der Waals surface area contributed by atoms with E-state index in [1.165, 1.54) is 6.20 Å². The monoisotopic (exact) mass is 259 g/mol. The van der Waals surface area contributed by atoms with Crippen LogP contribution in [0.5, 0.6) is 0 Å². The van der Waals surface area contributed by atoms with E-state index in [-0.39, 0.29) is 5.54 Å². The molecule has 6 nitrogen and oxygen atoms in total. The number of aliphatic imine (C=N–C) groups is 2. The van der Waals surface area contributed by atoms with E-state index in [1.54, 1.807) is 13.3 Å². The molecule has 19 heavy (non-hydrogen) atoms. The minimum absolute atomic E-state index is 0.195. The Hall–Kier alpha value is -1.95. The largest absolute Gasteiger partial charge is 0.384 e. The number of ether oxygens (including phenoxy) is 1. The number of rotatable bonds is 5. The first-order valence-electron chi connectivity index (χ1n) is 6.16.